The van der Waals surface area contributed by atoms with Gasteiger partial charge in [0.05, 0.1) is 0 Å². The summed E-state index contributed by atoms with van der Waals surface area (Å²) in [5, 5.41) is 3.40. The first-order valence-electron chi connectivity index (χ1n) is 8.44. The van der Waals surface area contributed by atoms with Crippen LogP contribution in [0.15, 0.2) is 30.3 Å². The van der Waals surface area contributed by atoms with E-state index in [-0.39, 0.29) is 0 Å². The Bertz CT molecular complexity index is 637. The summed E-state index contributed by atoms with van der Waals surface area (Å²) in [5.74, 6) is 2.09. The van der Waals surface area contributed by atoms with Crippen LogP contribution in [-0.2, 0) is 0 Å². The molecule has 0 unspecified atom stereocenters. The molecule has 0 spiro atoms. The molecule has 0 saturated heterocycles. The lowest BCUT2D eigenvalue weighted by atomic mass is 10.0. The van der Waals surface area contributed by atoms with Crippen LogP contribution in [0.25, 0.3) is 0 Å². The van der Waals surface area contributed by atoms with E-state index in [0.29, 0.717) is 11.9 Å². The van der Waals surface area contributed by atoms with Crippen molar-refractivity contribution >= 4 is 17.5 Å². The fraction of sp³-hybridized carbons (Fsp3) is 0.474. The maximum absolute atomic E-state index is 4.69. The molecule has 1 aromatic carbocycles. The molecule has 23 heavy (non-hydrogen) atoms. The number of benzene rings is 1. The zero-order chi connectivity index (χ0) is 16.8. The zero-order valence-electron chi connectivity index (χ0n) is 14.9. The van der Waals surface area contributed by atoms with Gasteiger partial charge >= 0.3 is 0 Å². The Hall–Kier alpha value is -2.10. The average molecular weight is 312 g/mol. The highest BCUT2D eigenvalue weighted by Crippen LogP contribution is 2.26. The number of rotatable bonds is 7. The Kier molecular flexibility index (Phi) is 5.97. The van der Waals surface area contributed by atoms with Crippen molar-refractivity contribution in [1.29, 1.82) is 0 Å². The number of hydrogen-bond acceptors (Lipinski definition) is 4. The summed E-state index contributed by atoms with van der Waals surface area (Å²) in [7, 11) is 2.09. The maximum atomic E-state index is 4.69. The number of aryl methyl sites for hydroxylation is 1. The van der Waals surface area contributed by atoms with E-state index >= 15 is 0 Å². The predicted octanol–water partition coefficient (Wildman–Crippen LogP) is 4.89. The molecule has 0 amide bonds. The number of nitrogens with zero attached hydrogens (tertiary/aromatic N) is 3. The zero-order valence-corrected chi connectivity index (χ0v) is 14.9. The lowest BCUT2D eigenvalue weighted by Gasteiger charge is -2.19. The highest BCUT2D eigenvalue weighted by molar-refractivity contribution is 5.60. The molecule has 2 aromatic rings. The van der Waals surface area contributed by atoms with E-state index in [9.17, 15) is 0 Å². The van der Waals surface area contributed by atoms with Gasteiger partial charge in [-0.25, -0.2) is 4.98 Å². The Morgan fingerprint density at radius 2 is 1.91 bits per heavy atom. The molecule has 1 heterocycles. The van der Waals surface area contributed by atoms with Crippen molar-refractivity contribution in [2.24, 2.45) is 0 Å². The summed E-state index contributed by atoms with van der Waals surface area (Å²) in [5.41, 5.74) is 3.33. The molecule has 0 aliphatic heterocycles. The molecule has 124 valence electrons. The molecular formula is C19H28N4. The fourth-order valence-electron chi connectivity index (χ4n) is 2.55. The number of para-hydroxylation sites is 1. The summed E-state index contributed by atoms with van der Waals surface area (Å²) in [4.78, 5) is 11.4. The Morgan fingerprint density at radius 1 is 1.17 bits per heavy atom. The van der Waals surface area contributed by atoms with Crippen LogP contribution in [0.4, 0.5) is 17.5 Å². The molecule has 1 aromatic heterocycles. The van der Waals surface area contributed by atoms with E-state index in [1.807, 2.05) is 19.1 Å². The molecule has 0 radical (unpaired) electrons. The van der Waals surface area contributed by atoms with Crippen LogP contribution in [0.1, 0.15) is 50.8 Å². The van der Waals surface area contributed by atoms with Crippen molar-refractivity contribution in [3.05, 3.63) is 41.6 Å². The highest BCUT2D eigenvalue weighted by atomic mass is 15.2. The van der Waals surface area contributed by atoms with E-state index < -0.39 is 0 Å². The first kappa shape index (κ1) is 17.3. The fourth-order valence-corrected chi connectivity index (χ4v) is 2.55. The molecule has 1 N–H and O–H groups in total. The number of unbranched alkanes of at least 4 members (excludes halogenated alkanes) is 1. The first-order chi connectivity index (χ1) is 11.0. The highest BCUT2D eigenvalue weighted by Gasteiger charge is 2.10. The van der Waals surface area contributed by atoms with E-state index in [4.69, 9.17) is 0 Å². The van der Waals surface area contributed by atoms with Gasteiger partial charge in [0.15, 0.2) is 0 Å². The number of hydrogen-bond donors (Lipinski definition) is 1. The van der Waals surface area contributed by atoms with Gasteiger partial charge in [-0.05, 0) is 30.9 Å². The van der Waals surface area contributed by atoms with Gasteiger partial charge < -0.3 is 10.2 Å². The van der Waals surface area contributed by atoms with E-state index in [2.05, 4.69) is 66.2 Å². The van der Waals surface area contributed by atoms with Crippen molar-refractivity contribution < 1.29 is 0 Å². The van der Waals surface area contributed by atoms with Crippen molar-refractivity contribution in [1.82, 2.24) is 9.97 Å². The van der Waals surface area contributed by atoms with E-state index in [1.165, 1.54) is 18.4 Å². The van der Waals surface area contributed by atoms with E-state index in [1.54, 1.807) is 0 Å². The summed E-state index contributed by atoms with van der Waals surface area (Å²) in [6, 6.07) is 10.4. The minimum atomic E-state index is 0.454. The Balaban J connectivity index is 2.25. The van der Waals surface area contributed by atoms with Crippen molar-refractivity contribution in [3.8, 4) is 0 Å². The minimum absolute atomic E-state index is 0.454. The van der Waals surface area contributed by atoms with Crippen LogP contribution in [-0.4, -0.2) is 23.6 Å². The molecule has 0 fully saturated rings. The quantitative estimate of drug-likeness (QED) is 0.790. The van der Waals surface area contributed by atoms with Gasteiger partial charge in [-0.2, -0.15) is 4.98 Å². The van der Waals surface area contributed by atoms with Gasteiger partial charge in [0.1, 0.15) is 5.82 Å². The summed E-state index contributed by atoms with van der Waals surface area (Å²) >= 11 is 0. The summed E-state index contributed by atoms with van der Waals surface area (Å²) in [6.07, 6.45) is 2.35. The Labute approximate surface area is 140 Å². The monoisotopic (exact) mass is 312 g/mol. The van der Waals surface area contributed by atoms with Crippen LogP contribution >= 0.6 is 0 Å². The number of aromatic nitrogens is 2. The molecule has 2 rings (SSSR count). The van der Waals surface area contributed by atoms with E-state index in [0.717, 1.165) is 23.7 Å². The van der Waals surface area contributed by atoms with Gasteiger partial charge in [-0.1, -0.05) is 45.4 Å². The van der Waals surface area contributed by atoms with Gasteiger partial charge in [0.2, 0.25) is 5.95 Å². The third kappa shape index (κ3) is 4.68. The standard InChI is InChI=1S/C19H28N4/c1-6-7-12-23(5)18-13-15(4)20-19(22-18)21-17-11-9-8-10-16(17)14(2)3/h8-11,13-14H,6-7,12H2,1-5H3,(H,20,21,22). The summed E-state index contributed by atoms with van der Waals surface area (Å²) in [6.45, 7) is 9.62. The normalized spacial score (nSPS) is 10.9. The molecule has 4 heteroatoms. The lowest BCUT2D eigenvalue weighted by Crippen LogP contribution is -2.20. The van der Waals surface area contributed by atoms with Gasteiger partial charge in [0, 0.05) is 31.0 Å². The van der Waals surface area contributed by atoms with Crippen molar-refractivity contribution in [2.45, 2.75) is 46.5 Å². The Morgan fingerprint density at radius 3 is 2.61 bits per heavy atom. The van der Waals surface area contributed by atoms with Crippen molar-refractivity contribution in [2.75, 3.05) is 23.8 Å². The predicted molar refractivity (Wildman–Crippen MR) is 98.8 cm³/mol. The van der Waals surface area contributed by atoms with Crippen LogP contribution < -0.4 is 10.2 Å². The van der Waals surface area contributed by atoms with Crippen LogP contribution in [0.3, 0.4) is 0 Å². The lowest BCUT2D eigenvalue weighted by molar-refractivity contribution is 0.758. The average Bonchev–Trinajstić information content (AvgIpc) is 2.52. The number of nitrogens with one attached hydrogen (secondary N) is 1. The van der Waals surface area contributed by atoms with Gasteiger partial charge in [-0.3, -0.25) is 0 Å². The molecule has 0 atom stereocenters. The molecule has 0 saturated carbocycles. The third-order valence-electron chi connectivity index (χ3n) is 3.91. The smallest absolute Gasteiger partial charge is 0.229 e. The van der Waals surface area contributed by atoms with Crippen molar-refractivity contribution in [3.63, 3.8) is 0 Å². The third-order valence-corrected chi connectivity index (χ3v) is 3.91. The second kappa shape index (κ2) is 7.95. The van der Waals surface area contributed by atoms with Crippen LogP contribution in [0.2, 0.25) is 0 Å². The second-order valence-corrected chi connectivity index (χ2v) is 6.33. The topological polar surface area (TPSA) is 41.1 Å². The van der Waals surface area contributed by atoms with Gasteiger partial charge in [0.25, 0.3) is 0 Å². The minimum Gasteiger partial charge on any atom is -0.360 e. The second-order valence-electron chi connectivity index (χ2n) is 6.33. The maximum Gasteiger partial charge on any atom is 0.229 e. The molecule has 0 aliphatic rings. The molecule has 0 aliphatic carbocycles. The van der Waals surface area contributed by atoms with Crippen LogP contribution in [0, 0.1) is 6.92 Å². The molecule has 0 bridgehead atoms. The first-order valence-corrected chi connectivity index (χ1v) is 8.44. The van der Waals surface area contributed by atoms with Crippen LogP contribution in [0.5, 0.6) is 0 Å². The largest absolute Gasteiger partial charge is 0.360 e. The number of anilines is 3. The molecule has 4 nitrogen and oxygen atoms in total. The SMILES string of the molecule is CCCCN(C)c1cc(C)nc(Nc2ccccc2C(C)C)n1. The van der Waals surface area contributed by atoms with Gasteiger partial charge in [-0.15, -0.1) is 0 Å². The molecular weight excluding hydrogens is 284 g/mol. The summed E-state index contributed by atoms with van der Waals surface area (Å²) < 4.78 is 0.